The van der Waals surface area contributed by atoms with Gasteiger partial charge >= 0.3 is 0 Å². The molecular formula is C21H21N3O3. The Balaban J connectivity index is 1.57. The predicted molar refractivity (Wildman–Crippen MR) is 101 cm³/mol. The molecule has 2 heterocycles. The third-order valence-electron chi connectivity index (χ3n) is 4.77. The number of para-hydroxylation sites is 2. The Morgan fingerprint density at radius 1 is 1.11 bits per heavy atom. The molecular weight excluding hydrogens is 342 g/mol. The van der Waals surface area contributed by atoms with Crippen LogP contribution in [0.1, 0.15) is 29.0 Å². The van der Waals surface area contributed by atoms with E-state index >= 15 is 0 Å². The summed E-state index contributed by atoms with van der Waals surface area (Å²) in [5.41, 5.74) is 2.34. The lowest BCUT2D eigenvalue weighted by Gasteiger charge is -2.12. The molecule has 138 valence electrons. The number of fused-ring (bicyclic) bond motifs is 1. The van der Waals surface area contributed by atoms with Crippen LogP contribution in [0.5, 0.6) is 0 Å². The number of nitrogens with one attached hydrogen (secondary N) is 1. The standard InChI is InChI=1S/C21H21N3O3/c25-18(15-7-2-1-3-8-15)14-24-17-10-5-4-9-16(17)23-20(24)13-22-21(26)19-11-6-12-27-19/h1-5,7-10,19H,6,11-14H2,(H,22,26). The lowest BCUT2D eigenvalue weighted by molar-refractivity contribution is -0.130. The van der Waals surface area contributed by atoms with Gasteiger partial charge in [-0.3, -0.25) is 9.59 Å². The highest BCUT2D eigenvalue weighted by Gasteiger charge is 2.24. The summed E-state index contributed by atoms with van der Waals surface area (Å²) in [5.74, 6) is 0.540. The van der Waals surface area contributed by atoms with Gasteiger partial charge in [0.25, 0.3) is 0 Å². The Bertz CT molecular complexity index is 959. The summed E-state index contributed by atoms with van der Waals surface area (Å²) in [6.07, 6.45) is 1.27. The van der Waals surface area contributed by atoms with Crippen LogP contribution in [0.25, 0.3) is 11.0 Å². The zero-order valence-electron chi connectivity index (χ0n) is 14.9. The Morgan fingerprint density at radius 3 is 2.67 bits per heavy atom. The summed E-state index contributed by atoms with van der Waals surface area (Å²) in [7, 11) is 0. The highest BCUT2D eigenvalue weighted by Crippen LogP contribution is 2.18. The van der Waals surface area contributed by atoms with Gasteiger partial charge in [0, 0.05) is 12.2 Å². The monoisotopic (exact) mass is 363 g/mol. The van der Waals surface area contributed by atoms with Crippen LogP contribution in [0, 0.1) is 0 Å². The first-order valence-corrected chi connectivity index (χ1v) is 9.14. The van der Waals surface area contributed by atoms with Crippen LogP contribution < -0.4 is 5.32 Å². The fourth-order valence-electron chi connectivity index (χ4n) is 3.36. The molecule has 0 aliphatic carbocycles. The molecule has 1 saturated heterocycles. The van der Waals surface area contributed by atoms with Crippen molar-refractivity contribution in [1.82, 2.24) is 14.9 Å². The SMILES string of the molecule is O=C(Cn1c(CNC(=O)C2CCCO2)nc2ccccc21)c1ccccc1. The van der Waals surface area contributed by atoms with E-state index in [2.05, 4.69) is 10.3 Å². The van der Waals surface area contributed by atoms with Crippen LogP contribution >= 0.6 is 0 Å². The molecule has 27 heavy (non-hydrogen) atoms. The minimum Gasteiger partial charge on any atom is -0.368 e. The van der Waals surface area contributed by atoms with E-state index in [4.69, 9.17) is 4.74 Å². The van der Waals surface area contributed by atoms with Crippen LogP contribution in [0.2, 0.25) is 0 Å². The number of aromatic nitrogens is 2. The number of ketones is 1. The number of ether oxygens (including phenoxy) is 1. The van der Waals surface area contributed by atoms with Gasteiger partial charge in [0.2, 0.25) is 5.91 Å². The van der Waals surface area contributed by atoms with Crippen molar-refractivity contribution in [3.63, 3.8) is 0 Å². The maximum absolute atomic E-state index is 12.7. The molecule has 1 aromatic heterocycles. The molecule has 1 fully saturated rings. The molecule has 1 aliphatic rings. The minimum absolute atomic E-state index is 0.00505. The molecule has 2 aromatic carbocycles. The second-order valence-corrected chi connectivity index (χ2v) is 6.61. The molecule has 1 N–H and O–H groups in total. The Morgan fingerprint density at radius 2 is 1.89 bits per heavy atom. The molecule has 0 saturated carbocycles. The average molecular weight is 363 g/mol. The second-order valence-electron chi connectivity index (χ2n) is 6.61. The molecule has 1 aliphatic heterocycles. The van der Waals surface area contributed by atoms with Gasteiger partial charge in [-0.05, 0) is 25.0 Å². The summed E-state index contributed by atoms with van der Waals surface area (Å²) in [4.78, 5) is 29.6. The molecule has 0 radical (unpaired) electrons. The third kappa shape index (κ3) is 3.75. The zero-order chi connectivity index (χ0) is 18.6. The van der Waals surface area contributed by atoms with Gasteiger partial charge in [0.05, 0.1) is 24.1 Å². The fourth-order valence-corrected chi connectivity index (χ4v) is 3.36. The van der Waals surface area contributed by atoms with Gasteiger partial charge in [0.1, 0.15) is 11.9 Å². The van der Waals surface area contributed by atoms with Crippen molar-refractivity contribution < 1.29 is 14.3 Å². The smallest absolute Gasteiger partial charge is 0.249 e. The molecule has 0 bridgehead atoms. The summed E-state index contributed by atoms with van der Waals surface area (Å²) in [6.45, 7) is 1.06. The van der Waals surface area contributed by atoms with E-state index in [0.29, 0.717) is 18.0 Å². The molecule has 6 nitrogen and oxygen atoms in total. The van der Waals surface area contributed by atoms with Gasteiger partial charge < -0.3 is 14.6 Å². The van der Waals surface area contributed by atoms with Crippen LogP contribution in [0.3, 0.4) is 0 Å². The van der Waals surface area contributed by atoms with Crippen molar-refractivity contribution in [2.24, 2.45) is 0 Å². The first-order chi connectivity index (χ1) is 13.2. The van der Waals surface area contributed by atoms with Crippen molar-refractivity contribution in [2.45, 2.75) is 32.0 Å². The number of rotatable bonds is 6. The number of nitrogens with zero attached hydrogens (tertiary/aromatic N) is 2. The molecule has 1 atom stereocenters. The van der Waals surface area contributed by atoms with E-state index in [9.17, 15) is 9.59 Å². The highest BCUT2D eigenvalue weighted by molar-refractivity contribution is 5.96. The minimum atomic E-state index is -0.381. The number of imidazole rings is 1. The van der Waals surface area contributed by atoms with Crippen molar-refractivity contribution in [2.75, 3.05) is 6.61 Å². The molecule has 0 spiro atoms. The topological polar surface area (TPSA) is 73.2 Å². The summed E-state index contributed by atoms with van der Waals surface area (Å²) in [5, 5.41) is 2.90. The van der Waals surface area contributed by atoms with E-state index in [1.807, 2.05) is 47.0 Å². The molecule has 4 rings (SSSR count). The van der Waals surface area contributed by atoms with Gasteiger partial charge in [-0.25, -0.2) is 4.98 Å². The van der Waals surface area contributed by atoms with Crippen molar-refractivity contribution in [3.8, 4) is 0 Å². The number of amides is 1. The van der Waals surface area contributed by atoms with Gasteiger partial charge in [0.15, 0.2) is 5.78 Å². The molecule has 3 aromatic rings. The Labute approximate surface area is 157 Å². The third-order valence-corrected chi connectivity index (χ3v) is 4.77. The van der Waals surface area contributed by atoms with Gasteiger partial charge in [-0.2, -0.15) is 0 Å². The molecule has 1 unspecified atom stereocenters. The molecule has 6 heteroatoms. The fraction of sp³-hybridized carbons (Fsp3) is 0.286. The normalized spacial score (nSPS) is 16.5. The first kappa shape index (κ1) is 17.4. The van der Waals surface area contributed by atoms with Gasteiger partial charge in [-0.15, -0.1) is 0 Å². The Kier molecular flexibility index (Phi) is 4.98. The summed E-state index contributed by atoms with van der Waals surface area (Å²) >= 11 is 0. The lowest BCUT2D eigenvalue weighted by atomic mass is 10.1. The number of Topliss-reactive ketones (excluding diaryl/α,β-unsaturated/α-hetero) is 1. The van der Waals surface area contributed by atoms with Crippen LogP contribution in [-0.4, -0.2) is 34.0 Å². The zero-order valence-corrected chi connectivity index (χ0v) is 14.9. The summed E-state index contributed by atoms with van der Waals surface area (Å²) in [6, 6.07) is 16.9. The summed E-state index contributed by atoms with van der Waals surface area (Å²) < 4.78 is 7.30. The largest absolute Gasteiger partial charge is 0.368 e. The molecule has 1 amide bonds. The van der Waals surface area contributed by atoms with Crippen molar-refractivity contribution in [1.29, 1.82) is 0 Å². The van der Waals surface area contributed by atoms with E-state index in [1.54, 1.807) is 12.1 Å². The van der Waals surface area contributed by atoms with Crippen molar-refractivity contribution in [3.05, 3.63) is 66.0 Å². The average Bonchev–Trinajstić information content (AvgIpc) is 3.36. The van der Waals surface area contributed by atoms with Crippen LogP contribution in [0.15, 0.2) is 54.6 Å². The van der Waals surface area contributed by atoms with E-state index in [1.165, 1.54) is 0 Å². The quantitative estimate of drug-likeness (QED) is 0.684. The maximum Gasteiger partial charge on any atom is 0.249 e. The predicted octanol–water partition coefficient (Wildman–Crippen LogP) is 2.71. The Hall–Kier alpha value is -2.99. The number of benzene rings is 2. The highest BCUT2D eigenvalue weighted by atomic mass is 16.5. The second kappa shape index (κ2) is 7.72. The maximum atomic E-state index is 12.7. The van der Waals surface area contributed by atoms with Gasteiger partial charge in [-0.1, -0.05) is 42.5 Å². The van der Waals surface area contributed by atoms with Crippen LogP contribution in [-0.2, 0) is 22.6 Å². The van der Waals surface area contributed by atoms with Crippen LogP contribution in [0.4, 0.5) is 0 Å². The first-order valence-electron chi connectivity index (χ1n) is 9.14. The van der Waals surface area contributed by atoms with E-state index in [0.717, 1.165) is 23.9 Å². The number of hydrogen-bond donors (Lipinski definition) is 1. The van der Waals surface area contributed by atoms with E-state index in [-0.39, 0.29) is 30.9 Å². The van der Waals surface area contributed by atoms with Crippen molar-refractivity contribution >= 4 is 22.7 Å². The number of carbonyl (C=O) groups excluding carboxylic acids is 2. The van der Waals surface area contributed by atoms with E-state index < -0.39 is 0 Å². The number of hydrogen-bond acceptors (Lipinski definition) is 4. The lowest BCUT2D eigenvalue weighted by Crippen LogP contribution is -2.34. The number of carbonyl (C=O) groups is 2.